The van der Waals surface area contributed by atoms with Gasteiger partial charge in [-0.15, -0.1) is 0 Å². The van der Waals surface area contributed by atoms with Gasteiger partial charge >= 0.3 is 0 Å². The minimum Gasteiger partial charge on any atom is -0.316 e. The third-order valence-electron chi connectivity index (χ3n) is 3.16. The van der Waals surface area contributed by atoms with E-state index in [-0.39, 0.29) is 0 Å². The highest BCUT2D eigenvalue weighted by Gasteiger charge is 2.15. The van der Waals surface area contributed by atoms with Crippen molar-refractivity contribution in [3.8, 4) is 0 Å². The fraction of sp³-hybridized carbons (Fsp3) is 0.538. The van der Waals surface area contributed by atoms with E-state index in [9.17, 15) is 0 Å². The van der Waals surface area contributed by atoms with E-state index < -0.39 is 0 Å². The molecule has 0 bridgehead atoms. The summed E-state index contributed by atoms with van der Waals surface area (Å²) in [6.07, 6.45) is 3.75. The second kappa shape index (κ2) is 5.13. The summed E-state index contributed by atoms with van der Waals surface area (Å²) in [5, 5.41) is 3.47. The summed E-state index contributed by atoms with van der Waals surface area (Å²) in [7, 11) is 0. The number of hydrogen-bond donors (Lipinski definition) is 1. The van der Waals surface area contributed by atoms with Gasteiger partial charge in [0.15, 0.2) is 0 Å². The van der Waals surface area contributed by atoms with Crippen molar-refractivity contribution < 1.29 is 0 Å². The second-order valence-corrected chi connectivity index (χ2v) is 5.21. The smallest absolute Gasteiger partial charge is 0.0180 e. The number of piperidine rings is 1. The van der Waals surface area contributed by atoms with Crippen LogP contribution < -0.4 is 5.32 Å². The summed E-state index contributed by atoms with van der Waals surface area (Å²) in [5.41, 5.74) is 2.93. The fourth-order valence-corrected chi connectivity index (χ4v) is 2.81. The second-order valence-electron chi connectivity index (χ2n) is 4.29. The first-order valence-electron chi connectivity index (χ1n) is 5.79. The summed E-state index contributed by atoms with van der Waals surface area (Å²) in [5.74, 6) is 0.710. The van der Waals surface area contributed by atoms with Crippen LogP contribution in [0.25, 0.3) is 0 Å². The number of nitrogens with one attached hydrogen (secondary N) is 1. The maximum absolute atomic E-state index is 3.60. The van der Waals surface area contributed by atoms with Gasteiger partial charge in [0.25, 0.3) is 0 Å². The maximum Gasteiger partial charge on any atom is 0.0180 e. The molecule has 1 atom stereocenters. The molecule has 0 radical (unpaired) electrons. The molecule has 82 valence electrons. The Balaban J connectivity index is 2.22. The minimum atomic E-state index is 0.710. The van der Waals surface area contributed by atoms with Crippen LogP contribution in [0.4, 0.5) is 0 Å². The van der Waals surface area contributed by atoms with Gasteiger partial charge in [0.05, 0.1) is 0 Å². The zero-order chi connectivity index (χ0) is 10.7. The summed E-state index contributed by atoms with van der Waals surface area (Å²) in [6, 6.07) is 6.86. The lowest BCUT2D eigenvalue weighted by molar-refractivity contribution is 0.461. The van der Waals surface area contributed by atoms with Crippen LogP contribution in [0.5, 0.6) is 0 Å². The van der Waals surface area contributed by atoms with Gasteiger partial charge in [-0.25, -0.2) is 0 Å². The Morgan fingerprint density at radius 2 is 2.27 bits per heavy atom. The molecule has 0 saturated carbocycles. The average Bonchev–Trinajstić information content (AvgIpc) is 2.29. The summed E-state index contributed by atoms with van der Waals surface area (Å²) in [4.78, 5) is 0. The molecule has 1 unspecified atom stereocenters. The van der Waals surface area contributed by atoms with E-state index in [2.05, 4.69) is 46.4 Å². The Morgan fingerprint density at radius 1 is 1.40 bits per heavy atom. The molecule has 2 rings (SSSR count). The van der Waals surface area contributed by atoms with Gasteiger partial charge in [-0.2, -0.15) is 0 Å². The molecule has 1 fully saturated rings. The molecule has 1 N–H and O–H groups in total. The first-order chi connectivity index (χ1) is 7.29. The first-order valence-corrected chi connectivity index (χ1v) is 6.59. The van der Waals surface area contributed by atoms with E-state index in [4.69, 9.17) is 0 Å². The molecule has 1 aromatic rings. The molecular weight excluding hydrogens is 250 g/mol. The SMILES string of the molecule is CCc1cc(Br)cc(C2CCCNC2)c1. The minimum absolute atomic E-state index is 0.710. The Bertz CT molecular complexity index is 329. The van der Waals surface area contributed by atoms with Gasteiger partial charge in [0.2, 0.25) is 0 Å². The van der Waals surface area contributed by atoms with E-state index in [1.165, 1.54) is 35.0 Å². The molecule has 1 aliphatic heterocycles. The highest BCUT2D eigenvalue weighted by Crippen LogP contribution is 2.27. The molecule has 0 aromatic heterocycles. The van der Waals surface area contributed by atoms with Gasteiger partial charge in [0, 0.05) is 11.0 Å². The van der Waals surface area contributed by atoms with Crippen LogP contribution in [0.15, 0.2) is 22.7 Å². The van der Waals surface area contributed by atoms with Crippen molar-refractivity contribution in [1.82, 2.24) is 5.32 Å². The molecule has 2 heteroatoms. The van der Waals surface area contributed by atoms with Crippen LogP contribution in [0, 0.1) is 0 Å². The Hall–Kier alpha value is -0.340. The largest absolute Gasteiger partial charge is 0.316 e. The lowest BCUT2D eigenvalue weighted by Gasteiger charge is -2.23. The van der Waals surface area contributed by atoms with Crippen molar-refractivity contribution in [3.63, 3.8) is 0 Å². The molecule has 0 spiro atoms. The van der Waals surface area contributed by atoms with Crippen LogP contribution in [-0.2, 0) is 6.42 Å². The summed E-state index contributed by atoms with van der Waals surface area (Å²) >= 11 is 3.60. The average molecular weight is 268 g/mol. The van der Waals surface area contributed by atoms with E-state index in [1.54, 1.807) is 0 Å². The van der Waals surface area contributed by atoms with Crippen LogP contribution in [0.1, 0.15) is 36.8 Å². The van der Waals surface area contributed by atoms with Gasteiger partial charge in [-0.3, -0.25) is 0 Å². The number of benzene rings is 1. The van der Waals surface area contributed by atoms with Gasteiger partial charge in [-0.1, -0.05) is 28.9 Å². The van der Waals surface area contributed by atoms with Crippen LogP contribution in [0.2, 0.25) is 0 Å². The number of aryl methyl sites for hydroxylation is 1. The maximum atomic E-state index is 3.60. The summed E-state index contributed by atoms with van der Waals surface area (Å²) in [6.45, 7) is 4.54. The molecule has 1 nitrogen and oxygen atoms in total. The molecule has 1 saturated heterocycles. The third kappa shape index (κ3) is 2.82. The zero-order valence-corrected chi connectivity index (χ0v) is 10.8. The fourth-order valence-electron chi connectivity index (χ4n) is 2.25. The lowest BCUT2D eigenvalue weighted by atomic mass is 9.90. The predicted molar refractivity (Wildman–Crippen MR) is 68.4 cm³/mol. The van der Waals surface area contributed by atoms with Crippen molar-refractivity contribution in [2.24, 2.45) is 0 Å². The number of halogens is 1. The van der Waals surface area contributed by atoms with E-state index in [0.717, 1.165) is 13.0 Å². The summed E-state index contributed by atoms with van der Waals surface area (Å²) < 4.78 is 1.22. The molecule has 1 heterocycles. The first kappa shape index (κ1) is 11.2. The van der Waals surface area contributed by atoms with E-state index in [1.807, 2.05) is 0 Å². The molecule has 1 aliphatic rings. The van der Waals surface area contributed by atoms with Gasteiger partial charge in [0.1, 0.15) is 0 Å². The zero-order valence-electron chi connectivity index (χ0n) is 9.22. The monoisotopic (exact) mass is 267 g/mol. The third-order valence-corrected chi connectivity index (χ3v) is 3.61. The topological polar surface area (TPSA) is 12.0 Å². The van der Waals surface area contributed by atoms with E-state index >= 15 is 0 Å². The lowest BCUT2D eigenvalue weighted by Crippen LogP contribution is -2.28. The molecule has 0 amide bonds. The van der Waals surface area contributed by atoms with Crippen molar-refractivity contribution >= 4 is 15.9 Å². The van der Waals surface area contributed by atoms with Crippen molar-refractivity contribution in [1.29, 1.82) is 0 Å². The predicted octanol–water partition coefficient (Wildman–Crippen LogP) is 3.48. The standard InChI is InChI=1S/C13H18BrN/c1-2-10-6-12(8-13(14)7-10)11-4-3-5-15-9-11/h6-8,11,15H,2-5,9H2,1H3. The highest BCUT2D eigenvalue weighted by molar-refractivity contribution is 9.10. The molecule has 1 aromatic carbocycles. The van der Waals surface area contributed by atoms with Crippen molar-refractivity contribution in [3.05, 3.63) is 33.8 Å². The molecule has 15 heavy (non-hydrogen) atoms. The number of hydrogen-bond acceptors (Lipinski definition) is 1. The quantitative estimate of drug-likeness (QED) is 0.865. The Morgan fingerprint density at radius 3 is 2.93 bits per heavy atom. The number of rotatable bonds is 2. The van der Waals surface area contributed by atoms with Crippen LogP contribution in [0.3, 0.4) is 0 Å². The van der Waals surface area contributed by atoms with Gasteiger partial charge < -0.3 is 5.32 Å². The normalized spacial score (nSPS) is 21.6. The molecule has 0 aliphatic carbocycles. The van der Waals surface area contributed by atoms with E-state index in [0.29, 0.717) is 5.92 Å². The van der Waals surface area contributed by atoms with Crippen LogP contribution >= 0.6 is 15.9 Å². The Labute approximate surface area is 100 Å². The molecular formula is C13H18BrN. The highest BCUT2D eigenvalue weighted by atomic mass is 79.9. The van der Waals surface area contributed by atoms with Gasteiger partial charge in [-0.05, 0) is 55.0 Å². The van der Waals surface area contributed by atoms with Crippen molar-refractivity contribution in [2.75, 3.05) is 13.1 Å². The Kier molecular flexibility index (Phi) is 3.81. The van der Waals surface area contributed by atoms with Crippen LogP contribution in [-0.4, -0.2) is 13.1 Å². The van der Waals surface area contributed by atoms with Crippen molar-refractivity contribution in [2.45, 2.75) is 32.1 Å².